The van der Waals surface area contributed by atoms with Crippen molar-refractivity contribution in [3.63, 3.8) is 0 Å². The molecule has 2 saturated heterocycles. The molecule has 2 fully saturated rings. The van der Waals surface area contributed by atoms with Crippen molar-refractivity contribution in [3.8, 4) is 0 Å². The Morgan fingerprint density at radius 2 is 1.79 bits per heavy atom. The van der Waals surface area contributed by atoms with Gasteiger partial charge in [-0.2, -0.15) is 0 Å². The first-order valence-corrected chi connectivity index (χ1v) is 12.1. The maximum atomic E-state index is 12.6. The van der Waals surface area contributed by atoms with Crippen LogP contribution in [0, 0.1) is 0 Å². The number of nitrogens with zero attached hydrogens (tertiary/aromatic N) is 3. The van der Waals surface area contributed by atoms with Crippen molar-refractivity contribution in [2.75, 3.05) is 51.3 Å². The minimum absolute atomic E-state index is 0.0240. The van der Waals surface area contributed by atoms with Crippen LogP contribution in [-0.2, 0) is 21.2 Å². The Morgan fingerprint density at radius 1 is 1.14 bits per heavy atom. The first-order valence-electron chi connectivity index (χ1n) is 10.2. The predicted octanol–water partition coefficient (Wildman–Crippen LogP) is 1.57. The summed E-state index contributed by atoms with van der Waals surface area (Å²) < 4.78 is 23.3. The average molecular weight is 408 g/mol. The van der Waals surface area contributed by atoms with Gasteiger partial charge in [0, 0.05) is 38.8 Å². The lowest BCUT2D eigenvalue weighted by Gasteiger charge is -2.36. The highest BCUT2D eigenvalue weighted by atomic mass is 32.2. The van der Waals surface area contributed by atoms with Crippen molar-refractivity contribution in [2.24, 2.45) is 0 Å². The summed E-state index contributed by atoms with van der Waals surface area (Å²) in [5.74, 6) is 1.08. The van der Waals surface area contributed by atoms with Gasteiger partial charge in [-0.3, -0.25) is 14.6 Å². The highest BCUT2D eigenvalue weighted by Gasteiger charge is 2.32. The molecule has 0 bridgehead atoms. The van der Waals surface area contributed by atoms with Crippen LogP contribution in [0.4, 0.5) is 0 Å². The van der Waals surface area contributed by atoms with E-state index in [4.69, 9.17) is 0 Å². The minimum Gasteiger partial charge on any atom is -0.339 e. The van der Waals surface area contributed by atoms with E-state index in [9.17, 15) is 13.2 Å². The van der Waals surface area contributed by atoms with E-state index in [1.807, 2.05) is 16.8 Å². The van der Waals surface area contributed by atoms with Crippen LogP contribution in [0.15, 0.2) is 24.3 Å². The van der Waals surface area contributed by atoms with E-state index in [-0.39, 0.29) is 23.5 Å². The molecule has 2 aliphatic rings. The number of likely N-dealkylation sites (N-methyl/N-ethyl adjacent to an activating group) is 1. The number of carbonyl (C=O) groups excluding carboxylic acids is 1. The second-order valence-electron chi connectivity index (χ2n) is 8.53. The number of piperazine rings is 1. The zero-order valence-corrected chi connectivity index (χ0v) is 18.1. The number of sulfone groups is 1. The van der Waals surface area contributed by atoms with Crippen LogP contribution >= 0.6 is 0 Å². The van der Waals surface area contributed by atoms with Crippen LogP contribution in [0.5, 0.6) is 0 Å². The normalized spacial score (nSPS) is 22.9. The third-order valence-electron chi connectivity index (χ3n) is 5.99. The molecule has 6 nitrogen and oxygen atoms in total. The molecule has 0 aromatic heterocycles. The van der Waals surface area contributed by atoms with Crippen molar-refractivity contribution >= 4 is 15.7 Å². The minimum atomic E-state index is -2.92. The SMILES string of the molecule is CC(C)c1ccc(CN2CCN(C(=O)CN(C)C3CCS(=O)(=O)C3)CC2)cc1. The van der Waals surface area contributed by atoms with Gasteiger partial charge in [-0.15, -0.1) is 0 Å². The summed E-state index contributed by atoms with van der Waals surface area (Å²) in [5.41, 5.74) is 2.67. The van der Waals surface area contributed by atoms with Gasteiger partial charge in [-0.05, 0) is 30.5 Å². The van der Waals surface area contributed by atoms with Gasteiger partial charge in [0.25, 0.3) is 0 Å². The summed E-state index contributed by atoms with van der Waals surface area (Å²) in [7, 11) is -1.06. The predicted molar refractivity (Wildman–Crippen MR) is 112 cm³/mol. The Balaban J connectivity index is 1.43. The van der Waals surface area contributed by atoms with Gasteiger partial charge < -0.3 is 4.90 Å². The first-order chi connectivity index (χ1) is 13.2. The molecule has 1 unspecified atom stereocenters. The Morgan fingerprint density at radius 3 is 2.32 bits per heavy atom. The topological polar surface area (TPSA) is 60.9 Å². The lowest BCUT2D eigenvalue weighted by atomic mass is 10.0. The van der Waals surface area contributed by atoms with Gasteiger partial charge in [0.2, 0.25) is 5.91 Å². The highest BCUT2D eigenvalue weighted by Crippen LogP contribution is 2.18. The molecular weight excluding hydrogens is 374 g/mol. The van der Waals surface area contributed by atoms with Gasteiger partial charge in [-0.25, -0.2) is 8.42 Å². The molecule has 28 heavy (non-hydrogen) atoms. The lowest BCUT2D eigenvalue weighted by molar-refractivity contribution is -0.134. The Bertz CT molecular complexity index is 769. The van der Waals surface area contributed by atoms with Gasteiger partial charge in [0.15, 0.2) is 9.84 Å². The molecule has 3 rings (SSSR count). The van der Waals surface area contributed by atoms with E-state index in [0.29, 0.717) is 18.9 Å². The summed E-state index contributed by atoms with van der Waals surface area (Å²) >= 11 is 0. The zero-order chi connectivity index (χ0) is 20.3. The van der Waals surface area contributed by atoms with E-state index in [2.05, 4.69) is 43.0 Å². The molecule has 1 aromatic rings. The van der Waals surface area contributed by atoms with Crippen molar-refractivity contribution < 1.29 is 13.2 Å². The van der Waals surface area contributed by atoms with Crippen LogP contribution in [0.3, 0.4) is 0 Å². The van der Waals surface area contributed by atoms with Crippen LogP contribution < -0.4 is 0 Å². The van der Waals surface area contributed by atoms with E-state index >= 15 is 0 Å². The average Bonchev–Trinajstić information content (AvgIpc) is 3.02. The smallest absolute Gasteiger partial charge is 0.236 e. The Labute approximate surface area is 169 Å². The summed E-state index contributed by atoms with van der Waals surface area (Å²) in [4.78, 5) is 18.8. The molecule has 0 aliphatic carbocycles. The third kappa shape index (κ3) is 5.55. The third-order valence-corrected chi connectivity index (χ3v) is 7.74. The van der Waals surface area contributed by atoms with E-state index in [1.165, 1.54) is 11.1 Å². The molecule has 7 heteroatoms. The van der Waals surface area contributed by atoms with Gasteiger partial charge in [0.1, 0.15) is 0 Å². The molecule has 1 amide bonds. The van der Waals surface area contributed by atoms with Crippen molar-refractivity contribution in [1.29, 1.82) is 0 Å². The van der Waals surface area contributed by atoms with E-state index < -0.39 is 9.84 Å². The maximum absolute atomic E-state index is 12.6. The van der Waals surface area contributed by atoms with E-state index in [0.717, 1.165) is 32.7 Å². The standard InChI is InChI=1S/C21H33N3O3S/c1-17(2)19-6-4-18(5-7-19)14-23-9-11-24(12-10-23)21(25)15-22(3)20-8-13-28(26,27)16-20/h4-7,17,20H,8-16H2,1-3H3. The fourth-order valence-electron chi connectivity index (χ4n) is 3.99. The van der Waals surface area contributed by atoms with Crippen molar-refractivity contribution in [1.82, 2.24) is 14.7 Å². The van der Waals surface area contributed by atoms with Gasteiger partial charge in [-0.1, -0.05) is 38.1 Å². The maximum Gasteiger partial charge on any atom is 0.236 e. The largest absolute Gasteiger partial charge is 0.339 e. The van der Waals surface area contributed by atoms with Gasteiger partial charge in [0.05, 0.1) is 18.1 Å². The second-order valence-corrected chi connectivity index (χ2v) is 10.8. The second kappa shape index (κ2) is 8.93. The molecule has 2 heterocycles. The van der Waals surface area contributed by atoms with Crippen molar-refractivity contribution in [3.05, 3.63) is 35.4 Å². The van der Waals surface area contributed by atoms with Crippen LogP contribution in [0.25, 0.3) is 0 Å². The van der Waals surface area contributed by atoms with E-state index in [1.54, 1.807) is 0 Å². The number of hydrogen-bond donors (Lipinski definition) is 0. The zero-order valence-electron chi connectivity index (χ0n) is 17.3. The molecule has 0 N–H and O–H groups in total. The van der Waals surface area contributed by atoms with Crippen molar-refractivity contribution in [2.45, 2.75) is 38.8 Å². The monoisotopic (exact) mass is 407 g/mol. The molecule has 2 aliphatic heterocycles. The fourth-order valence-corrected chi connectivity index (χ4v) is 5.79. The Kier molecular flexibility index (Phi) is 6.78. The molecule has 0 spiro atoms. The van der Waals surface area contributed by atoms with Crippen LogP contribution in [0.2, 0.25) is 0 Å². The quantitative estimate of drug-likeness (QED) is 0.716. The summed E-state index contributed by atoms with van der Waals surface area (Å²) in [5, 5.41) is 0. The molecule has 0 radical (unpaired) electrons. The Hall–Kier alpha value is -1.44. The summed E-state index contributed by atoms with van der Waals surface area (Å²) in [6.45, 7) is 8.84. The number of rotatable bonds is 6. The summed E-state index contributed by atoms with van der Waals surface area (Å²) in [6.07, 6.45) is 0.634. The number of carbonyl (C=O) groups is 1. The molecule has 156 valence electrons. The highest BCUT2D eigenvalue weighted by molar-refractivity contribution is 7.91. The number of hydrogen-bond acceptors (Lipinski definition) is 5. The summed E-state index contributed by atoms with van der Waals surface area (Å²) in [6, 6.07) is 8.80. The molecule has 1 aromatic carbocycles. The molecule has 1 atom stereocenters. The van der Waals surface area contributed by atoms with Crippen LogP contribution in [0.1, 0.15) is 37.3 Å². The van der Waals surface area contributed by atoms with Gasteiger partial charge >= 0.3 is 0 Å². The molecule has 0 saturated carbocycles. The number of benzene rings is 1. The first kappa shape index (κ1) is 21.3. The fraction of sp³-hybridized carbons (Fsp3) is 0.667. The lowest BCUT2D eigenvalue weighted by Crippen LogP contribution is -2.51. The number of amides is 1. The van der Waals surface area contributed by atoms with Crippen LogP contribution in [-0.4, -0.2) is 86.3 Å². The molecular formula is C21H33N3O3S.